The quantitative estimate of drug-likeness (QED) is 0.833. The summed E-state index contributed by atoms with van der Waals surface area (Å²) in [4.78, 5) is 16.1. The molecule has 1 heterocycles. The van der Waals surface area contributed by atoms with E-state index in [0.717, 1.165) is 16.1 Å². The molecule has 0 saturated heterocycles. The van der Waals surface area contributed by atoms with Crippen LogP contribution in [0.3, 0.4) is 0 Å². The van der Waals surface area contributed by atoms with E-state index in [9.17, 15) is 4.79 Å². The lowest BCUT2D eigenvalue weighted by atomic mass is 10.0. The van der Waals surface area contributed by atoms with Crippen molar-refractivity contribution in [3.8, 4) is 0 Å². The van der Waals surface area contributed by atoms with Crippen molar-refractivity contribution < 1.29 is 4.79 Å². The molecule has 0 unspecified atom stereocenters. The van der Waals surface area contributed by atoms with Crippen LogP contribution >= 0.6 is 11.3 Å². The van der Waals surface area contributed by atoms with Crippen molar-refractivity contribution >= 4 is 22.9 Å². The zero-order valence-corrected chi connectivity index (χ0v) is 11.2. The summed E-state index contributed by atoms with van der Waals surface area (Å²) in [5, 5.41) is 5.62. The molecule has 5 heteroatoms. The van der Waals surface area contributed by atoms with E-state index in [2.05, 4.69) is 10.3 Å². The fraction of sp³-hybridized carbons (Fsp3) is 0.231. The van der Waals surface area contributed by atoms with Crippen molar-refractivity contribution in [3.63, 3.8) is 0 Å². The van der Waals surface area contributed by atoms with Crippen LogP contribution in [-0.2, 0) is 6.54 Å². The van der Waals surface area contributed by atoms with Gasteiger partial charge in [-0.3, -0.25) is 4.79 Å². The number of nitrogens with zero attached hydrogens (tertiary/aromatic N) is 1. The summed E-state index contributed by atoms with van der Waals surface area (Å²) in [6.45, 7) is 4.29. The first-order valence-electron chi connectivity index (χ1n) is 5.61. The summed E-state index contributed by atoms with van der Waals surface area (Å²) in [6, 6.07) is 3.65. The van der Waals surface area contributed by atoms with E-state index in [0.29, 0.717) is 17.8 Å². The van der Waals surface area contributed by atoms with Gasteiger partial charge in [0.25, 0.3) is 5.91 Å². The first-order valence-corrected chi connectivity index (χ1v) is 6.49. The van der Waals surface area contributed by atoms with E-state index in [4.69, 9.17) is 5.73 Å². The third kappa shape index (κ3) is 2.68. The molecule has 18 heavy (non-hydrogen) atoms. The molecule has 0 bridgehead atoms. The second kappa shape index (κ2) is 5.18. The Hall–Kier alpha value is -1.88. The third-order valence-corrected chi connectivity index (χ3v) is 3.52. The highest BCUT2D eigenvalue weighted by molar-refractivity contribution is 7.09. The molecule has 1 aromatic heterocycles. The Morgan fingerprint density at radius 1 is 1.39 bits per heavy atom. The zero-order chi connectivity index (χ0) is 13.1. The van der Waals surface area contributed by atoms with Crippen LogP contribution < -0.4 is 11.1 Å². The van der Waals surface area contributed by atoms with E-state index < -0.39 is 0 Å². The lowest BCUT2D eigenvalue weighted by Gasteiger charge is -2.09. The van der Waals surface area contributed by atoms with Crippen LogP contribution in [0.15, 0.2) is 23.7 Å². The largest absolute Gasteiger partial charge is 0.398 e. The smallest absolute Gasteiger partial charge is 0.251 e. The number of nitrogens with two attached hydrogens (primary N) is 1. The van der Waals surface area contributed by atoms with Crippen molar-refractivity contribution in [2.45, 2.75) is 20.4 Å². The molecule has 0 aliphatic carbocycles. The number of nitrogens with one attached hydrogen (secondary N) is 1. The maximum Gasteiger partial charge on any atom is 0.251 e. The molecule has 0 aliphatic rings. The molecular weight excluding hydrogens is 246 g/mol. The number of carbonyl (C=O) groups excluding carboxylic acids is 1. The monoisotopic (exact) mass is 261 g/mol. The van der Waals surface area contributed by atoms with Gasteiger partial charge in [-0.2, -0.15) is 0 Å². The molecule has 4 nitrogen and oxygen atoms in total. The summed E-state index contributed by atoms with van der Waals surface area (Å²) >= 11 is 1.52. The van der Waals surface area contributed by atoms with Gasteiger partial charge in [0.15, 0.2) is 0 Å². The summed E-state index contributed by atoms with van der Waals surface area (Å²) < 4.78 is 0. The van der Waals surface area contributed by atoms with Crippen molar-refractivity contribution in [2.75, 3.05) is 5.73 Å². The van der Waals surface area contributed by atoms with E-state index in [-0.39, 0.29) is 5.91 Å². The third-order valence-electron chi connectivity index (χ3n) is 2.74. The minimum atomic E-state index is -0.116. The van der Waals surface area contributed by atoms with Crippen molar-refractivity contribution in [1.29, 1.82) is 0 Å². The van der Waals surface area contributed by atoms with E-state index in [1.807, 2.05) is 25.3 Å². The SMILES string of the molecule is Cc1cc(C)c(C(=O)NCc2nccs2)cc1N. The number of benzene rings is 1. The van der Waals surface area contributed by atoms with Gasteiger partial charge in [-0.1, -0.05) is 6.07 Å². The highest BCUT2D eigenvalue weighted by Crippen LogP contribution is 2.17. The first kappa shape index (κ1) is 12.6. The van der Waals surface area contributed by atoms with Crippen LogP contribution in [-0.4, -0.2) is 10.9 Å². The molecule has 3 N–H and O–H groups in total. The molecule has 0 spiro atoms. The molecule has 2 aromatic rings. The lowest BCUT2D eigenvalue weighted by Crippen LogP contribution is -2.23. The number of amides is 1. The molecule has 2 rings (SSSR count). The van der Waals surface area contributed by atoms with Crippen molar-refractivity contribution in [1.82, 2.24) is 10.3 Å². The fourth-order valence-electron chi connectivity index (χ4n) is 1.71. The maximum absolute atomic E-state index is 12.0. The second-order valence-corrected chi connectivity index (χ2v) is 5.11. The normalized spacial score (nSPS) is 10.3. The second-order valence-electron chi connectivity index (χ2n) is 4.13. The molecule has 0 fully saturated rings. The Labute approximate surface area is 110 Å². The van der Waals surface area contributed by atoms with Gasteiger partial charge in [-0.15, -0.1) is 11.3 Å². The molecule has 0 saturated carbocycles. The number of hydrogen-bond donors (Lipinski definition) is 2. The first-order chi connectivity index (χ1) is 8.58. The lowest BCUT2D eigenvalue weighted by molar-refractivity contribution is 0.0950. The van der Waals surface area contributed by atoms with Crippen molar-refractivity contribution in [3.05, 3.63) is 45.4 Å². The summed E-state index contributed by atoms with van der Waals surface area (Å²) in [5.74, 6) is -0.116. The fourth-order valence-corrected chi connectivity index (χ4v) is 2.26. The zero-order valence-electron chi connectivity index (χ0n) is 10.4. The molecule has 0 radical (unpaired) electrons. The topological polar surface area (TPSA) is 68.0 Å². The van der Waals surface area contributed by atoms with Gasteiger partial charge >= 0.3 is 0 Å². The Morgan fingerprint density at radius 3 is 2.83 bits per heavy atom. The number of hydrogen-bond acceptors (Lipinski definition) is 4. The van der Waals surface area contributed by atoms with Gasteiger partial charge in [0, 0.05) is 22.8 Å². The number of aryl methyl sites for hydroxylation is 2. The minimum Gasteiger partial charge on any atom is -0.398 e. The Bertz CT molecular complexity index is 564. The van der Waals surface area contributed by atoms with E-state index in [1.54, 1.807) is 12.3 Å². The van der Waals surface area contributed by atoms with Gasteiger partial charge in [-0.05, 0) is 31.0 Å². The molecule has 0 aliphatic heterocycles. The van der Waals surface area contributed by atoms with E-state index >= 15 is 0 Å². The minimum absolute atomic E-state index is 0.116. The standard InChI is InChI=1S/C13H15N3OS/c1-8-5-9(2)11(14)6-10(8)13(17)16-7-12-15-3-4-18-12/h3-6H,7,14H2,1-2H3,(H,16,17). The molecular formula is C13H15N3OS. The van der Waals surface area contributed by atoms with Crippen LogP contribution in [0.25, 0.3) is 0 Å². The summed E-state index contributed by atoms with van der Waals surface area (Å²) in [7, 11) is 0. The van der Waals surface area contributed by atoms with Crippen LogP contribution in [0.4, 0.5) is 5.69 Å². The van der Waals surface area contributed by atoms with Gasteiger partial charge in [0.05, 0.1) is 6.54 Å². The highest BCUT2D eigenvalue weighted by Gasteiger charge is 2.11. The van der Waals surface area contributed by atoms with E-state index in [1.165, 1.54) is 11.3 Å². The van der Waals surface area contributed by atoms with Crippen LogP contribution in [0, 0.1) is 13.8 Å². The number of thiazole rings is 1. The Morgan fingerprint density at radius 2 is 2.17 bits per heavy atom. The summed E-state index contributed by atoms with van der Waals surface area (Å²) in [5.41, 5.74) is 9.01. The predicted octanol–water partition coefficient (Wildman–Crippen LogP) is 2.27. The number of rotatable bonds is 3. The average molecular weight is 261 g/mol. The van der Waals surface area contributed by atoms with Crippen LogP contribution in [0.1, 0.15) is 26.5 Å². The number of carbonyl (C=O) groups is 1. The average Bonchev–Trinajstić information content (AvgIpc) is 2.84. The summed E-state index contributed by atoms with van der Waals surface area (Å²) in [6.07, 6.45) is 1.72. The van der Waals surface area contributed by atoms with Gasteiger partial charge < -0.3 is 11.1 Å². The highest BCUT2D eigenvalue weighted by atomic mass is 32.1. The van der Waals surface area contributed by atoms with Crippen LogP contribution in [0.2, 0.25) is 0 Å². The maximum atomic E-state index is 12.0. The Balaban J connectivity index is 2.11. The Kier molecular flexibility index (Phi) is 3.62. The van der Waals surface area contributed by atoms with Gasteiger partial charge in [0.2, 0.25) is 0 Å². The molecule has 1 aromatic carbocycles. The number of anilines is 1. The van der Waals surface area contributed by atoms with Crippen LogP contribution in [0.5, 0.6) is 0 Å². The number of nitrogen functional groups attached to an aromatic ring is 1. The molecule has 94 valence electrons. The number of aromatic nitrogens is 1. The van der Waals surface area contributed by atoms with Gasteiger partial charge in [0.1, 0.15) is 5.01 Å². The van der Waals surface area contributed by atoms with Crippen molar-refractivity contribution in [2.24, 2.45) is 0 Å². The molecule has 1 amide bonds. The predicted molar refractivity (Wildman–Crippen MR) is 73.6 cm³/mol. The molecule has 0 atom stereocenters. The van der Waals surface area contributed by atoms with Gasteiger partial charge in [-0.25, -0.2) is 4.98 Å².